The third-order valence-electron chi connectivity index (χ3n) is 7.12. The quantitative estimate of drug-likeness (QED) is 0.127. The third-order valence-corrected chi connectivity index (χ3v) is 7.47. The molecule has 2 aromatic heterocycles. The highest BCUT2D eigenvalue weighted by atomic mass is 32.1. The van der Waals surface area contributed by atoms with Crippen molar-refractivity contribution >= 4 is 45.4 Å². The summed E-state index contributed by atoms with van der Waals surface area (Å²) in [5.74, 6) is 1.08. The summed E-state index contributed by atoms with van der Waals surface area (Å²) in [7, 11) is 0. The lowest BCUT2D eigenvalue weighted by molar-refractivity contribution is -0.384. The number of anilines is 1. The molecule has 1 aliphatic rings. The number of nitro benzene ring substituents is 1. The Kier molecular flexibility index (Phi) is 7.13. The number of benzene rings is 3. The van der Waals surface area contributed by atoms with Gasteiger partial charge < -0.3 is 20.0 Å². The van der Waals surface area contributed by atoms with Crippen molar-refractivity contribution in [1.29, 1.82) is 0 Å². The van der Waals surface area contributed by atoms with Crippen molar-refractivity contribution in [3.05, 3.63) is 125 Å². The van der Waals surface area contributed by atoms with E-state index in [1.54, 1.807) is 18.3 Å². The first-order chi connectivity index (χ1) is 20.0. The molecular weight excluding hydrogens is 538 g/mol. The first-order valence-electron chi connectivity index (χ1n) is 13.1. The Morgan fingerprint density at radius 1 is 1.00 bits per heavy atom. The molecule has 1 saturated heterocycles. The van der Waals surface area contributed by atoms with Crippen molar-refractivity contribution in [3.63, 3.8) is 0 Å². The molecule has 10 heteroatoms. The van der Waals surface area contributed by atoms with Crippen molar-refractivity contribution < 1.29 is 14.1 Å². The van der Waals surface area contributed by atoms with Gasteiger partial charge in [-0.2, -0.15) is 0 Å². The summed E-state index contributed by atoms with van der Waals surface area (Å²) in [5.41, 5.74) is 2.27. The standard InChI is InChI=1S/C31H25N5O4S/c37-28(33-24-10-5-7-20-6-1-2-8-23(20)24)17-19-35-30(29(34-31(35)41)25-9-3-4-18-32-25)27-16-15-26(40-27)21-11-13-22(14-12-21)36(38)39/h1-16,18,29-30H,17,19H2,(H,33,37)(H,34,41)/t29-,30-/m0/s1. The van der Waals surface area contributed by atoms with Gasteiger partial charge in [-0.3, -0.25) is 19.9 Å². The topological polar surface area (TPSA) is 114 Å². The van der Waals surface area contributed by atoms with Crippen LogP contribution in [0.4, 0.5) is 11.4 Å². The van der Waals surface area contributed by atoms with Crippen LogP contribution in [-0.4, -0.2) is 32.4 Å². The Morgan fingerprint density at radius 3 is 2.56 bits per heavy atom. The summed E-state index contributed by atoms with van der Waals surface area (Å²) in [6, 6.07) is 28.7. The van der Waals surface area contributed by atoms with E-state index in [0.29, 0.717) is 28.7 Å². The second kappa shape index (κ2) is 11.2. The molecule has 9 nitrogen and oxygen atoms in total. The predicted molar refractivity (Wildman–Crippen MR) is 160 cm³/mol. The fraction of sp³-hybridized carbons (Fsp3) is 0.129. The molecule has 3 aromatic carbocycles. The van der Waals surface area contributed by atoms with Crippen LogP contribution in [0.3, 0.4) is 0 Å². The number of hydrogen-bond acceptors (Lipinski definition) is 6. The number of carbonyl (C=O) groups excluding carboxylic acids is 1. The molecular formula is C31H25N5O4S. The number of hydrogen-bond donors (Lipinski definition) is 2. The van der Waals surface area contributed by atoms with Crippen LogP contribution >= 0.6 is 12.2 Å². The molecule has 6 rings (SSSR count). The van der Waals surface area contributed by atoms with Gasteiger partial charge in [0.05, 0.1) is 16.7 Å². The van der Waals surface area contributed by atoms with E-state index < -0.39 is 4.92 Å². The van der Waals surface area contributed by atoms with Gasteiger partial charge >= 0.3 is 0 Å². The molecule has 2 atom stereocenters. The molecule has 1 aliphatic heterocycles. The predicted octanol–water partition coefficient (Wildman–Crippen LogP) is 6.40. The SMILES string of the molecule is O=C(CCN1C(=S)N[C@@H](c2ccccn2)[C@@H]1c1ccc(-c2ccc([N+](=O)[O-])cc2)o1)Nc1cccc2ccccc12. The summed E-state index contributed by atoms with van der Waals surface area (Å²) < 4.78 is 6.30. The zero-order chi connectivity index (χ0) is 28.3. The molecule has 2 N–H and O–H groups in total. The van der Waals surface area contributed by atoms with Crippen LogP contribution in [0.2, 0.25) is 0 Å². The van der Waals surface area contributed by atoms with Crippen molar-refractivity contribution in [3.8, 4) is 11.3 Å². The molecule has 1 amide bonds. The molecule has 41 heavy (non-hydrogen) atoms. The number of nitrogens with zero attached hydrogens (tertiary/aromatic N) is 3. The maximum Gasteiger partial charge on any atom is 0.269 e. The summed E-state index contributed by atoms with van der Waals surface area (Å²) in [6.07, 6.45) is 1.92. The first-order valence-corrected chi connectivity index (χ1v) is 13.5. The number of furan rings is 1. The molecule has 3 heterocycles. The number of aromatic nitrogens is 1. The zero-order valence-corrected chi connectivity index (χ0v) is 22.6. The fourth-order valence-electron chi connectivity index (χ4n) is 5.14. The maximum atomic E-state index is 13.1. The Labute approximate surface area is 241 Å². The van der Waals surface area contributed by atoms with Gasteiger partial charge in [-0.1, -0.05) is 42.5 Å². The highest BCUT2D eigenvalue weighted by Crippen LogP contribution is 2.40. The van der Waals surface area contributed by atoms with Gasteiger partial charge in [0.2, 0.25) is 5.91 Å². The fourth-order valence-corrected chi connectivity index (χ4v) is 5.47. The molecule has 0 spiro atoms. The normalized spacial score (nSPS) is 16.5. The van der Waals surface area contributed by atoms with Crippen molar-refractivity contribution in [1.82, 2.24) is 15.2 Å². The van der Waals surface area contributed by atoms with E-state index in [1.807, 2.05) is 77.7 Å². The van der Waals surface area contributed by atoms with E-state index in [4.69, 9.17) is 16.6 Å². The minimum Gasteiger partial charge on any atom is -0.459 e. The van der Waals surface area contributed by atoms with E-state index in [-0.39, 0.29) is 30.1 Å². The third kappa shape index (κ3) is 5.37. The number of fused-ring (bicyclic) bond motifs is 1. The molecule has 1 fully saturated rings. The largest absolute Gasteiger partial charge is 0.459 e. The number of amides is 1. The zero-order valence-electron chi connectivity index (χ0n) is 21.8. The summed E-state index contributed by atoms with van der Waals surface area (Å²) >= 11 is 5.73. The van der Waals surface area contributed by atoms with Gasteiger partial charge in [0.25, 0.3) is 5.69 Å². The molecule has 0 bridgehead atoms. The minimum atomic E-state index is -0.436. The average Bonchev–Trinajstić information content (AvgIpc) is 3.61. The molecule has 5 aromatic rings. The van der Waals surface area contributed by atoms with Crippen molar-refractivity contribution in [2.75, 3.05) is 11.9 Å². The van der Waals surface area contributed by atoms with Crippen LogP contribution in [0.1, 0.15) is 30.0 Å². The van der Waals surface area contributed by atoms with Gasteiger partial charge in [0, 0.05) is 47.9 Å². The number of rotatable bonds is 8. The van der Waals surface area contributed by atoms with Crippen LogP contribution in [0, 0.1) is 10.1 Å². The molecule has 0 aliphatic carbocycles. The van der Waals surface area contributed by atoms with Gasteiger partial charge in [0.1, 0.15) is 17.6 Å². The van der Waals surface area contributed by atoms with Crippen LogP contribution in [0.5, 0.6) is 0 Å². The number of nitrogens with one attached hydrogen (secondary N) is 2. The van der Waals surface area contributed by atoms with Gasteiger partial charge in [-0.25, -0.2) is 0 Å². The number of nitro groups is 1. The lowest BCUT2D eigenvalue weighted by Gasteiger charge is -2.26. The van der Waals surface area contributed by atoms with Crippen LogP contribution in [-0.2, 0) is 4.79 Å². The molecule has 0 radical (unpaired) electrons. The van der Waals surface area contributed by atoms with Gasteiger partial charge in [-0.15, -0.1) is 0 Å². The number of pyridine rings is 1. The average molecular weight is 564 g/mol. The van der Waals surface area contributed by atoms with Gasteiger partial charge in [0.15, 0.2) is 5.11 Å². The summed E-state index contributed by atoms with van der Waals surface area (Å²) in [4.78, 5) is 30.2. The lowest BCUT2D eigenvalue weighted by atomic mass is 10.0. The Morgan fingerprint density at radius 2 is 1.78 bits per heavy atom. The lowest BCUT2D eigenvalue weighted by Crippen LogP contribution is -2.32. The highest BCUT2D eigenvalue weighted by Gasteiger charge is 2.41. The smallest absolute Gasteiger partial charge is 0.269 e. The summed E-state index contributed by atoms with van der Waals surface area (Å²) in [5, 5.41) is 20.0. The van der Waals surface area contributed by atoms with Gasteiger partial charge in [-0.05, 0) is 60.1 Å². The first kappa shape index (κ1) is 26.1. The Balaban J connectivity index is 1.25. The van der Waals surface area contributed by atoms with E-state index in [9.17, 15) is 14.9 Å². The number of thiocarbonyl (C=S) groups is 1. The van der Waals surface area contributed by atoms with Crippen molar-refractivity contribution in [2.24, 2.45) is 0 Å². The number of carbonyl (C=O) groups is 1. The molecule has 204 valence electrons. The second-order valence-corrected chi connectivity index (χ2v) is 10.0. The van der Waals surface area contributed by atoms with Crippen molar-refractivity contribution in [2.45, 2.75) is 18.5 Å². The molecule has 0 unspecified atom stereocenters. The van der Waals surface area contributed by atoms with Crippen LogP contribution < -0.4 is 10.6 Å². The Bertz CT molecular complexity index is 1730. The number of non-ortho nitro benzene ring substituents is 1. The second-order valence-electron chi connectivity index (χ2n) is 9.65. The van der Waals surface area contributed by atoms with E-state index in [2.05, 4.69) is 15.6 Å². The highest BCUT2D eigenvalue weighted by molar-refractivity contribution is 7.80. The van der Waals surface area contributed by atoms with Crippen LogP contribution in [0.15, 0.2) is 108 Å². The van der Waals surface area contributed by atoms with E-state index in [0.717, 1.165) is 22.2 Å². The van der Waals surface area contributed by atoms with E-state index in [1.165, 1.54) is 12.1 Å². The van der Waals surface area contributed by atoms with E-state index >= 15 is 0 Å². The molecule has 0 saturated carbocycles. The van der Waals surface area contributed by atoms with Crippen LogP contribution in [0.25, 0.3) is 22.1 Å². The monoisotopic (exact) mass is 563 g/mol. The summed E-state index contributed by atoms with van der Waals surface area (Å²) in [6.45, 7) is 0.351. The maximum absolute atomic E-state index is 13.1. The Hall–Kier alpha value is -5.09. The minimum absolute atomic E-state index is 0.00837.